The van der Waals surface area contributed by atoms with Gasteiger partial charge in [-0.15, -0.1) is 0 Å². The first-order valence-corrected chi connectivity index (χ1v) is 6.10. The summed E-state index contributed by atoms with van der Waals surface area (Å²) in [6.45, 7) is 1.59. The Hall–Kier alpha value is -3.23. The Kier molecular flexibility index (Phi) is 4.47. The molecule has 0 bridgehead atoms. The summed E-state index contributed by atoms with van der Waals surface area (Å²) in [5.74, 6) is 0.741. The second kappa shape index (κ2) is 6.48. The van der Waals surface area contributed by atoms with Crippen LogP contribution >= 0.6 is 0 Å². The lowest BCUT2D eigenvalue weighted by Gasteiger charge is -2.08. The summed E-state index contributed by atoms with van der Waals surface area (Å²) in [5.41, 5.74) is 0.369. The summed E-state index contributed by atoms with van der Waals surface area (Å²) in [6.07, 6.45) is 0.784. The number of aryl methyl sites for hydroxylation is 1. The highest BCUT2D eigenvalue weighted by molar-refractivity contribution is 5.83. The van der Waals surface area contributed by atoms with Gasteiger partial charge < -0.3 is 19.6 Å². The maximum absolute atomic E-state index is 11.1. The SMILES string of the molecule is COC(=O)Nc1cc(Oc2ccc([N+](=O)[O-])nc2C)ccn1. The van der Waals surface area contributed by atoms with Gasteiger partial charge in [0.1, 0.15) is 11.6 Å². The highest BCUT2D eigenvalue weighted by Crippen LogP contribution is 2.26. The molecule has 1 amide bonds. The monoisotopic (exact) mass is 304 g/mol. The molecule has 0 aliphatic rings. The van der Waals surface area contributed by atoms with Crippen LogP contribution in [0, 0.1) is 17.0 Å². The number of carbonyl (C=O) groups is 1. The molecule has 2 rings (SSSR count). The fraction of sp³-hybridized carbons (Fsp3) is 0.154. The molecule has 114 valence electrons. The second-order valence-corrected chi connectivity index (χ2v) is 4.11. The first-order valence-electron chi connectivity index (χ1n) is 6.10. The van der Waals surface area contributed by atoms with Gasteiger partial charge >= 0.3 is 11.9 Å². The van der Waals surface area contributed by atoms with E-state index in [4.69, 9.17) is 4.74 Å². The van der Waals surface area contributed by atoms with Crippen molar-refractivity contribution in [2.24, 2.45) is 0 Å². The molecule has 0 aliphatic carbocycles. The number of nitro groups is 1. The number of hydrogen-bond acceptors (Lipinski definition) is 7. The van der Waals surface area contributed by atoms with E-state index in [-0.39, 0.29) is 11.6 Å². The van der Waals surface area contributed by atoms with E-state index in [0.29, 0.717) is 17.2 Å². The third-order valence-electron chi connectivity index (χ3n) is 2.58. The quantitative estimate of drug-likeness (QED) is 0.681. The number of amides is 1. The smallest absolute Gasteiger partial charge is 0.412 e. The van der Waals surface area contributed by atoms with Gasteiger partial charge in [0.05, 0.1) is 7.11 Å². The summed E-state index contributed by atoms with van der Waals surface area (Å²) >= 11 is 0. The van der Waals surface area contributed by atoms with E-state index in [9.17, 15) is 14.9 Å². The minimum atomic E-state index is -0.655. The Morgan fingerprint density at radius 2 is 2.14 bits per heavy atom. The number of methoxy groups -OCH3 is 1. The Balaban J connectivity index is 2.18. The molecule has 0 spiro atoms. The highest BCUT2D eigenvalue weighted by atomic mass is 16.6. The Bertz CT molecular complexity index is 719. The molecule has 0 aromatic carbocycles. The van der Waals surface area contributed by atoms with Crippen molar-refractivity contribution in [2.45, 2.75) is 6.92 Å². The lowest BCUT2D eigenvalue weighted by Crippen LogP contribution is -2.11. The summed E-state index contributed by atoms with van der Waals surface area (Å²) in [7, 11) is 1.24. The van der Waals surface area contributed by atoms with Crippen molar-refractivity contribution in [2.75, 3.05) is 12.4 Å². The van der Waals surface area contributed by atoms with Gasteiger partial charge in [-0.05, 0) is 22.0 Å². The largest absolute Gasteiger partial charge is 0.453 e. The molecule has 2 heterocycles. The molecule has 0 fully saturated rings. The van der Waals surface area contributed by atoms with Crippen molar-refractivity contribution < 1.29 is 19.2 Å². The van der Waals surface area contributed by atoms with Crippen LogP contribution in [0.25, 0.3) is 0 Å². The van der Waals surface area contributed by atoms with Crippen LogP contribution in [0.5, 0.6) is 11.5 Å². The number of ether oxygens (including phenoxy) is 2. The van der Waals surface area contributed by atoms with Crippen LogP contribution in [0.15, 0.2) is 30.5 Å². The van der Waals surface area contributed by atoms with Crippen molar-refractivity contribution >= 4 is 17.7 Å². The Morgan fingerprint density at radius 3 is 2.77 bits per heavy atom. The van der Waals surface area contributed by atoms with Gasteiger partial charge in [-0.1, -0.05) is 0 Å². The third kappa shape index (κ3) is 3.66. The van der Waals surface area contributed by atoms with Crippen LogP contribution in [0.2, 0.25) is 0 Å². The van der Waals surface area contributed by atoms with Crippen molar-refractivity contribution in [3.8, 4) is 11.5 Å². The van der Waals surface area contributed by atoms with Crippen molar-refractivity contribution in [3.63, 3.8) is 0 Å². The van der Waals surface area contributed by atoms with E-state index in [1.165, 1.54) is 31.5 Å². The molecule has 0 saturated carbocycles. The molecule has 0 radical (unpaired) electrons. The zero-order valence-corrected chi connectivity index (χ0v) is 11.8. The standard InChI is InChI=1S/C13H12N4O5/c1-8-10(3-4-12(15-8)17(19)20)22-9-5-6-14-11(7-9)16-13(18)21-2/h3-7H,1-2H3,(H,14,16,18). The average molecular weight is 304 g/mol. The minimum absolute atomic E-state index is 0.247. The van der Waals surface area contributed by atoms with Gasteiger partial charge in [0.15, 0.2) is 11.4 Å². The third-order valence-corrected chi connectivity index (χ3v) is 2.58. The molecule has 1 N–H and O–H groups in total. The zero-order chi connectivity index (χ0) is 16.1. The van der Waals surface area contributed by atoms with Gasteiger partial charge in [-0.25, -0.2) is 9.78 Å². The van der Waals surface area contributed by atoms with Gasteiger partial charge in [-0.2, -0.15) is 0 Å². The molecule has 9 nitrogen and oxygen atoms in total. The molecule has 2 aromatic heterocycles. The summed E-state index contributed by atoms with van der Waals surface area (Å²) in [4.78, 5) is 28.9. The fourth-order valence-corrected chi connectivity index (χ4v) is 1.57. The number of pyridine rings is 2. The molecule has 0 atom stereocenters. The van der Waals surface area contributed by atoms with E-state index in [1.807, 2.05) is 0 Å². The van der Waals surface area contributed by atoms with Gasteiger partial charge in [0, 0.05) is 25.3 Å². The molecule has 9 heteroatoms. The van der Waals surface area contributed by atoms with E-state index in [1.54, 1.807) is 13.0 Å². The normalized spacial score (nSPS) is 9.91. The fourth-order valence-electron chi connectivity index (χ4n) is 1.57. The number of nitrogens with zero attached hydrogens (tertiary/aromatic N) is 3. The first-order chi connectivity index (χ1) is 10.5. The molecule has 0 saturated heterocycles. The van der Waals surface area contributed by atoms with E-state index >= 15 is 0 Å². The first kappa shape index (κ1) is 15.2. The summed E-state index contributed by atoms with van der Waals surface area (Å²) in [6, 6.07) is 5.76. The Labute approximate surface area is 125 Å². The van der Waals surface area contributed by atoms with E-state index in [2.05, 4.69) is 20.0 Å². The molecule has 2 aromatic rings. The maximum atomic E-state index is 11.1. The highest BCUT2D eigenvalue weighted by Gasteiger charge is 2.13. The average Bonchev–Trinajstić information content (AvgIpc) is 2.49. The predicted octanol–water partition coefficient (Wildman–Crippen LogP) is 2.66. The van der Waals surface area contributed by atoms with Crippen LogP contribution in [0.4, 0.5) is 16.4 Å². The van der Waals surface area contributed by atoms with Crippen LogP contribution in [0.1, 0.15) is 5.69 Å². The van der Waals surface area contributed by atoms with Crippen LogP contribution in [-0.2, 0) is 4.74 Å². The molecular weight excluding hydrogens is 292 g/mol. The summed E-state index contributed by atoms with van der Waals surface area (Å²) in [5, 5.41) is 13.0. The van der Waals surface area contributed by atoms with Crippen molar-refractivity contribution in [3.05, 3.63) is 46.3 Å². The van der Waals surface area contributed by atoms with Crippen LogP contribution < -0.4 is 10.1 Å². The van der Waals surface area contributed by atoms with Crippen LogP contribution in [-0.4, -0.2) is 28.1 Å². The number of hydrogen-bond donors (Lipinski definition) is 1. The molecule has 0 unspecified atom stereocenters. The zero-order valence-electron chi connectivity index (χ0n) is 11.8. The van der Waals surface area contributed by atoms with Gasteiger partial charge in [0.25, 0.3) is 0 Å². The minimum Gasteiger partial charge on any atom is -0.453 e. The van der Waals surface area contributed by atoms with Crippen molar-refractivity contribution in [1.82, 2.24) is 9.97 Å². The van der Waals surface area contributed by atoms with E-state index in [0.717, 1.165) is 0 Å². The predicted molar refractivity (Wildman–Crippen MR) is 76.0 cm³/mol. The number of carbonyl (C=O) groups excluding carboxylic acids is 1. The van der Waals surface area contributed by atoms with Gasteiger partial charge in [-0.3, -0.25) is 5.32 Å². The molecular formula is C13H12N4O5. The number of nitrogens with one attached hydrogen (secondary N) is 1. The molecule has 0 aliphatic heterocycles. The van der Waals surface area contributed by atoms with Gasteiger partial charge in [0.2, 0.25) is 0 Å². The topological polar surface area (TPSA) is 116 Å². The second-order valence-electron chi connectivity index (χ2n) is 4.11. The number of anilines is 1. The summed E-state index contributed by atoms with van der Waals surface area (Å²) < 4.78 is 10.0. The lowest BCUT2D eigenvalue weighted by atomic mass is 10.3. The molecule has 22 heavy (non-hydrogen) atoms. The Morgan fingerprint density at radius 1 is 1.36 bits per heavy atom. The van der Waals surface area contributed by atoms with E-state index < -0.39 is 11.0 Å². The lowest BCUT2D eigenvalue weighted by molar-refractivity contribution is -0.389. The number of aromatic nitrogens is 2. The van der Waals surface area contributed by atoms with Crippen LogP contribution in [0.3, 0.4) is 0 Å². The maximum Gasteiger partial charge on any atom is 0.412 e. The van der Waals surface area contributed by atoms with Crippen molar-refractivity contribution in [1.29, 1.82) is 0 Å². The number of rotatable bonds is 4.